The van der Waals surface area contributed by atoms with Crippen LogP contribution >= 0.6 is 0 Å². The van der Waals surface area contributed by atoms with Crippen molar-refractivity contribution in [3.63, 3.8) is 0 Å². The normalized spacial score (nSPS) is 10.4. The molecule has 0 atom stereocenters. The molecule has 0 amide bonds. The number of rotatable bonds is 2. The van der Waals surface area contributed by atoms with Gasteiger partial charge in [0.05, 0.1) is 11.6 Å². The third-order valence-corrected chi connectivity index (χ3v) is 3.13. The summed E-state index contributed by atoms with van der Waals surface area (Å²) in [6.45, 7) is 2.03. The van der Waals surface area contributed by atoms with E-state index in [1.165, 1.54) is 0 Å². The first-order valence-corrected chi connectivity index (χ1v) is 6.23. The van der Waals surface area contributed by atoms with Crippen LogP contribution in [0.15, 0.2) is 46.9 Å². The lowest BCUT2D eigenvalue weighted by atomic mass is 10.1. The van der Waals surface area contributed by atoms with Crippen molar-refractivity contribution in [2.24, 2.45) is 0 Å². The quantitative estimate of drug-likeness (QED) is 0.734. The topological polar surface area (TPSA) is 75.0 Å². The molecule has 1 heterocycles. The summed E-state index contributed by atoms with van der Waals surface area (Å²) in [4.78, 5) is 0. The number of furan rings is 1. The maximum absolute atomic E-state index is 8.90. The molecule has 98 valence electrons. The van der Waals surface area contributed by atoms with Gasteiger partial charge in [-0.15, -0.1) is 0 Å². The Kier molecular flexibility index (Phi) is 2.81. The average Bonchev–Trinajstić information content (AvgIpc) is 2.74. The van der Waals surface area contributed by atoms with E-state index in [1.807, 2.05) is 37.3 Å². The first-order chi connectivity index (χ1) is 9.67. The molecule has 2 aromatic carbocycles. The van der Waals surface area contributed by atoms with E-state index in [-0.39, 0.29) is 0 Å². The van der Waals surface area contributed by atoms with Gasteiger partial charge in [-0.2, -0.15) is 5.26 Å². The Balaban J connectivity index is 2.08. The fraction of sp³-hybridized carbons (Fsp3) is 0.0625. The predicted molar refractivity (Wildman–Crippen MR) is 79.8 cm³/mol. The Labute approximate surface area is 116 Å². The third kappa shape index (κ3) is 2.06. The molecular weight excluding hydrogens is 250 g/mol. The van der Waals surface area contributed by atoms with Crippen LogP contribution in [0.3, 0.4) is 0 Å². The molecule has 20 heavy (non-hydrogen) atoms. The Bertz CT molecular complexity index is 827. The second-order valence-corrected chi connectivity index (χ2v) is 4.66. The SMILES string of the molecule is Cc1cccc(Nc2c(N)oc3cc(C#N)ccc23)c1. The van der Waals surface area contributed by atoms with Crippen molar-refractivity contribution in [1.29, 1.82) is 5.26 Å². The zero-order valence-electron chi connectivity index (χ0n) is 11.0. The molecule has 0 aliphatic heterocycles. The van der Waals surface area contributed by atoms with E-state index < -0.39 is 0 Å². The van der Waals surface area contributed by atoms with Crippen LogP contribution in [-0.4, -0.2) is 0 Å². The summed E-state index contributed by atoms with van der Waals surface area (Å²) in [5.74, 6) is 0.316. The lowest BCUT2D eigenvalue weighted by molar-refractivity contribution is 0.638. The van der Waals surface area contributed by atoms with Gasteiger partial charge in [0.1, 0.15) is 11.3 Å². The number of hydrogen-bond donors (Lipinski definition) is 2. The van der Waals surface area contributed by atoms with Crippen LogP contribution in [0, 0.1) is 18.3 Å². The van der Waals surface area contributed by atoms with Gasteiger partial charge in [-0.05, 0) is 42.8 Å². The van der Waals surface area contributed by atoms with E-state index in [9.17, 15) is 0 Å². The third-order valence-electron chi connectivity index (χ3n) is 3.13. The average molecular weight is 263 g/mol. The van der Waals surface area contributed by atoms with E-state index >= 15 is 0 Å². The number of nitrogens with zero attached hydrogens (tertiary/aromatic N) is 1. The number of nitrogens with one attached hydrogen (secondary N) is 1. The number of fused-ring (bicyclic) bond motifs is 1. The minimum atomic E-state index is 0.316. The monoisotopic (exact) mass is 263 g/mol. The molecular formula is C16H13N3O. The Hall–Kier alpha value is -2.93. The lowest BCUT2D eigenvalue weighted by Crippen LogP contribution is -1.93. The first-order valence-electron chi connectivity index (χ1n) is 6.23. The Morgan fingerprint density at radius 3 is 2.80 bits per heavy atom. The lowest BCUT2D eigenvalue weighted by Gasteiger charge is -2.06. The smallest absolute Gasteiger partial charge is 0.215 e. The number of anilines is 3. The van der Waals surface area contributed by atoms with Gasteiger partial charge in [0, 0.05) is 11.1 Å². The number of aryl methyl sites for hydroxylation is 1. The molecule has 0 unspecified atom stereocenters. The number of nitriles is 1. The van der Waals surface area contributed by atoms with Gasteiger partial charge in [-0.25, -0.2) is 0 Å². The minimum Gasteiger partial charge on any atom is -0.439 e. The fourth-order valence-corrected chi connectivity index (χ4v) is 2.18. The first kappa shape index (κ1) is 12.1. The summed E-state index contributed by atoms with van der Waals surface area (Å²) in [5.41, 5.74) is 9.92. The molecule has 0 aliphatic carbocycles. The maximum atomic E-state index is 8.90. The number of nitrogens with two attached hydrogens (primary N) is 1. The van der Waals surface area contributed by atoms with E-state index in [2.05, 4.69) is 11.4 Å². The molecule has 3 aromatic rings. The molecule has 4 heteroatoms. The van der Waals surface area contributed by atoms with Crippen LogP contribution in [0.4, 0.5) is 17.3 Å². The van der Waals surface area contributed by atoms with Gasteiger partial charge in [-0.3, -0.25) is 0 Å². The molecule has 3 rings (SSSR count). The van der Waals surface area contributed by atoms with Crippen LogP contribution in [0.25, 0.3) is 11.0 Å². The number of nitrogen functional groups attached to an aromatic ring is 1. The van der Waals surface area contributed by atoms with Crippen molar-refractivity contribution >= 4 is 28.2 Å². The molecule has 0 spiro atoms. The molecule has 4 nitrogen and oxygen atoms in total. The molecule has 0 fully saturated rings. The zero-order chi connectivity index (χ0) is 14.1. The zero-order valence-corrected chi connectivity index (χ0v) is 11.0. The largest absolute Gasteiger partial charge is 0.439 e. The highest BCUT2D eigenvalue weighted by Gasteiger charge is 2.12. The van der Waals surface area contributed by atoms with E-state index in [0.717, 1.165) is 22.3 Å². The van der Waals surface area contributed by atoms with Crippen molar-refractivity contribution in [3.05, 3.63) is 53.6 Å². The molecule has 3 N–H and O–H groups in total. The number of benzene rings is 2. The Morgan fingerprint density at radius 1 is 1.20 bits per heavy atom. The van der Waals surface area contributed by atoms with Crippen molar-refractivity contribution in [2.45, 2.75) is 6.92 Å². The van der Waals surface area contributed by atoms with Gasteiger partial charge >= 0.3 is 0 Å². The van der Waals surface area contributed by atoms with E-state index in [4.69, 9.17) is 15.4 Å². The summed E-state index contributed by atoms with van der Waals surface area (Å²) < 4.78 is 5.51. The van der Waals surface area contributed by atoms with Crippen LogP contribution in [0.2, 0.25) is 0 Å². The highest BCUT2D eigenvalue weighted by atomic mass is 16.3. The molecule has 0 bridgehead atoms. The second-order valence-electron chi connectivity index (χ2n) is 4.66. The van der Waals surface area contributed by atoms with Crippen molar-refractivity contribution in [2.75, 3.05) is 11.1 Å². The minimum absolute atomic E-state index is 0.316. The van der Waals surface area contributed by atoms with E-state index in [1.54, 1.807) is 12.1 Å². The van der Waals surface area contributed by atoms with Gasteiger partial charge in [0.15, 0.2) is 0 Å². The number of hydrogen-bond acceptors (Lipinski definition) is 4. The van der Waals surface area contributed by atoms with Gasteiger partial charge in [0.25, 0.3) is 0 Å². The maximum Gasteiger partial charge on any atom is 0.215 e. The summed E-state index contributed by atoms with van der Waals surface area (Å²) in [7, 11) is 0. The van der Waals surface area contributed by atoms with E-state index in [0.29, 0.717) is 17.0 Å². The predicted octanol–water partition coefficient (Wildman–Crippen LogP) is 3.94. The van der Waals surface area contributed by atoms with Crippen LogP contribution < -0.4 is 11.1 Å². The molecule has 0 aliphatic rings. The van der Waals surface area contributed by atoms with Crippen LogP contribution in [0.5, 0.6) is 0 Å². The van der Waals surface area contributed by atoms with Gasteiger partial charge in [0.2, 0.25) is 5.88 Å². The summed E-state index contributed by atoms with van der Waals surface area (Å²) in [6, 6.07) is 15.4. The molecule has 0 saturated heterocycles. The molecule has 1 aromatic heterocycles. The summed E-state index contributed by atoms with van der Waals surface area (Å²) in [5, 5.41) is 13.0. The summed E-state index contributed by atoms with van der Waals surface area (Å²) in [6.07, 6.45) is 0. The van der Waals surface area contributed by atoms with Gasteiger partial charge < -0.3 is 15.5 Å². The highest BCUT2D eigenvalue weighted by molar-refractivity contribution is 5.98. The fourth-order valence-electron chi connectivity index (χ4n) is 2.18. The van der Waals surface area contributed by atoms with Gasteiger partial charge in [-0.1, -0.05) is 12.1 Å². The highest BCUT2D eigenvalue weighted by Crippen LogP contribution is 2.35. The van der Waals surface area contributed by atoms with Crippen molar-refractivity contribution in [3.8, 4) is 6.07 Å². The second kappa shape index (κ2) is 4.63. The Morgan fingerprint density at radius 2 is 2.05 bits per heavy atom. The summed E-state index contributed by atoms with van der Waals surface area (Å²) >= 11 is 0. The van der Waals surface area contributed by atoms with Crippen molar-refractivity contribution < 1.29 is 4.42 Å². The van der Waals surface area contributed by atoms with Crippen LogP contribution in [0.1, 0.15) is 11.1 Å². The molecule has 0 radical (unpaired) electrons. The standard InChI is InChI=1S/C16H13N3O/c1-10-3-2-4-12(7-10)19-15-13-6-5-11(9-17)8-14(13)20-16(15)18/h2-8,19H,18H2,1H3. The molecule has 0 saturated carbocycles. The van der Waals surface area contributed by atoms with Crippen molar-refractivity contribution in [1.82, 2.24) is 0 Å². The van der Waals surface area contributed by atoms with Crippen LogP contribution in [-0.2, 0) is 0 Å².